The number of hydrogen-bond acceptors (Lipinski definition) is 6. The summed E-state index contributed by atoms with van der Waals surface area (Å²) in [5.41, 5.74) is 7.06. The topological polar surface area (TPSA) is 115 Å². The smallest absolute Gasteiger partial charge is 0.269 e. The molecule has 0 aliphatic carbocycles. The predicted octanol–water partition coefficient (Wildman–Crippen LogP) is 2.54. The first kappa shape index (κ1) is 14.8. The SMILES string of the molecule is Cc1ccnc(Sc2ccc([N+](=O)[O-])cc2)c1/C(N)=N/O. The fourth-order valence-electron chi connectivity index (χ4n) is 1.72. The molecule has 0 radical (unpaired) electrons. The van der Waals surface area contributed by atoms with Crippen LogP contribution in [-0.4, -0.2) is 21.0 Å². The molecule has 7 nitrogen and oxygen atoms in total. The number of benzene rings is 1. The fraction of sp³-hybridized carbons (Fsp3) is 0.0769. The molecule has 0 saturated heterocycles. The highest BCUT2D eigenvalue weighted by Gasteiger charge is 2.13. The van der Waals surface area contributed by atoms with E-state index in [1.54, 1.807) is 24.4 Å². The van der Waals surface area contributed by atoms with E-state index < -0.39 is 4.92 Å². The second-order valence-corrected chi connectivity index (χ2v) is 5.21. The van der Waals surface area contributed by atoms with E-state index in [0.29, 0.717) is 10.6 Å². The molecule has 2 rings (SSSR count). The molecule has 0 bridgehead atoms. The number of nitro benzene ring substituents is 1. The third-order valence-electron chi connectivity index (χ3n) is 2.75. The number of nitrogens with two attached hydrogens (primary N) is 1. The Hall–Kier alpha value is -2.61. The molecule has 1 aromatic heterocycles. The highest BCUT2D eigenvalue weighted by atomic mass is 32.2. The Balaban J connectivity index is 2.35. The van der Waals surface area contributed by atoms with Crippen molar-refractivity contribution < 1.29 is 10.1 Å². The van der Waals surface area contributed by atoms with Crippen LogP contribution in [0.5, 0.6) is 0 Å². The van der Waals surface area contributed by atoms with Gasteiger partial charge in [0.2, 0.25) is 0 Å². The maximum atomic E-state index is 10.6. The first-order valence-electron chi connectivity index (χ1n) is 5.88. The minimum atomic E-state index is -0.457. The molecule has 3 N–H and O–H groups in total. The van der Waals surface area contributed by atoms with E-state index in [0.717, 1.165) is 10.5 Å². The number of hydrogen-bond donors (Lipinski definition) is 2. The number of aryl methyl sites for hydroxylation is 1. The zero-order valence-electron chi connectivity index (χ0n) is 11.1. The molecule has 0 saturated carbocycles. The van der Waals surface area contributed by atoms with Crippen molar-refractivity contribution in [3.63, 3.8) is 0 Å². The summed E-state index contributed by atoms with van der Waals surface area (Å²) in [5, 5.41) is 23.1. The van der Waals surface area contributed by atoms with Gasteiger partial charge in [-0.3, -0.25) is 10.1 Å². The average Bonchev–Trinajstić information content (AvgIpc) is 2.47. The number of aromatic nitrogens is 1. The van der Waals surface area contributed by atoms with Crippen molar-refractivity contribution in [3.8, 4) is 0 Å². The molecule has 0 fully saturated rings. The molecular weight excluding hydrogens is 292 g/mol. The van der Waals surface area contributed by atoms with Gasteiger partial charge in [-0.1, -0.05) is 16.9 Å². The van der Waals surface area contributed by atoms with E-state index in [2.05, 4.69) is 10.1 Å². The van der Waals surface area contributed by atoms with Crippen molar-refractivity contribution in [1.29, 1.82) is 0 Å². The van der Waals surface area contributed by atoms with E-state index >= 15 is 0 Å². The number of oxime groups is 1. The molecule has 1 heterocycles. The average molecular weight is 304 g/mol. The third kappa shape index (κ3) is 3.29. The minimum Gasteiger partial charge on any atom is -0.409 e. The Kier molecular flexibility index (Phi) is 4.39. The molecule has 21 heavy (non-hydrogen) atoms. The van der Waals surface area contributed by atoms with Gasteiger partial charge >= 0.3 is 0 Å². The van der Waals surface area contributed by atoms with Crippen LogP contribution in [-0.2, 0) is 0 Å². The first-order chi connectivity index (χ1) is 10.0. The number of non-ortho nitro benzene ring substituents is 1. The normalized spacial score (nSPS) is 11.4. The van der Waals surface area contributed by atoms with Gasteiger partial charge in [-0.05, 0) is 30.7 Å². The summed E-state index contributed by atoms with van der Waals surface area (Å²) in [4.78, 5) is 15.2. The molecule has 0 aliphatic heterocycles. The lowest BCUT2D eigenvalue weighted by Gasteiger charge is -2.09. The van der Waals surface area contributed by atoms with Gasteiger partial charge in [0.1, 0.15) is 5.03 Å². The summed E-state index contributed by atoms with van der Waals surface area (Å²) >= 11 is 1.29. The Morgan fingerprint density at radius 2 is 2.05 bits per heavy atom. The summed E-state index contributed by atoms with van der Waals surface area (Å²) in [7, 11) is 0. The predicted molar refractivity (Wildman–Crippen MR) is 78.7 cm³/mol. The molecule has 0 amide bonds. The van der Waals surface area contributed by atoms with Crippen molar-refractivity contribution in [2.75, 3.05) is 0 Å². The lowest BCUT2D eigenvalue weighted by atomic mass is 10.1. The minimum absolute atomic E-state index is 0.0215. The van der Waals surface area contributed by atoms with Crippen LogP contribution in [0.15, 0.2) is 51.6 Å². The highest BCUT2D eigenvalue weighted by molar-refractivity contribution is 7.99. The van der Waals surface area contributed by atoms with Crippen LogP contribution < -0.4 is 5.73 Å². The quantitative estimate of drug-likeness (QED) is 0.295. The van der Waals surface area contributed by atoms with Gasteiger partial charge in [-0.25, -0.2) is 4.98 Å². The van der Waals surface area contributed by atoms with Gasteiger partial charge in [0.05, 0.1) is 10.5 Å². The van der Waals surface area contributed by atoms with Crippen molar-refractivity contribution >= 4 is 23.3 Å². The number of nitro groups is 1. The largest absolute Gasteiger partial charge is 0.409 e. The monoisotopic (exact) mass is 304 g/mol. The highest BCUT2D eigenvalue weighted by Crippen LogP contribution is 2.31. The van der Waals surface area contributed by atoms with Gasteiger partial charge in [-0.15, -0.1) is 0 Å². The molecule has 2 aromatic rings. The van der Waals surface area contributed by atoms with Crippen LogP contribution in [0, 0.1) is 17.0 Å². The van der Waals surface area contributed by atoms with Crippen molar-refractivity contribution in [2.24, 2.45) is 10.9 Å². The van der Waals surface area contributed by atoms with Gasteiger partial charge in [0.15, 0.2) is 5.84 Å². The maximum Gasteiger partial charge on any atom is 0.269 e. The van der Waals surface area contributed by atoms with E-state index in [4.69, 9.17) is 10.9 Å². The second kappa shape index (κ2) is 6.23. The second-order valence-electron chi connectivity index (χ2n) is 4.15. The zero-order chi connectivity index (χ0) is 15.4. The molecule has 0 spiro atoms. The summed E-state index contributed by atoms with van der Waals surface area (Å²) in [6, 6.07) is 7.85. The number of rotatable bonds is 4. The Bertz CT molecular complexity index is 701. The van der Waals surface area contributed by atoms with Crippen molar-refractivity contribution in [3.05, 3.63) is 57.8 Å². The van der Waals surface area contributed by atoms with Crippen LogP contribution in [0.4, 0.5) is 5.69 Å². The maximum absolute atomic E-state index is 10.6. The van der Waals surface area contributed by atoms with Gasteiger partial charge < -0.3 is 10.9 Å². The van der Waals surface area contributed by atoms with Crippen LogP contribution in [0.25, 0.3) is 0 Å². The van der Waals surface area contributed by atoms with Crippen molar-refractivity contribution in [2.45, 2.75) is 16.8 Å². The molecule has 0 unspecified atom stereocenters. The van der Waals surface area contributed by atoms with Crippen LogP contribution in [0.1, 0.15) is 11.1 Å². The number of nitrogens with zero attached hydrogens (tertiary/aromatic N) is 3. The molecule has 0 atom stereocenters. The van der Waals surface area contributed by atoms with Gasteiger partial charge in [-0.2, -0.15) is 0 Å². The summed E-state index contributed by atoms with van der Waals surface area (Å²) < 4.78 is 0. The third-order valence-corrected chi connectivity index (χ3v) is 3.76. The zero-order valence-corrected chi connectivity index (χ0v) is 11.9. The van der Waals surface area contributed by atoms with E-state index in [-0.39, 0.29) is 11.5 Å². The first-order valence-corrected chi connectivity index (χ1v) is 6.70. The van der Waals surface area contributed by atoms with Crippen LogP contribution in [0.2, 0.25) is 0 Å². The Labute approximate surface area is 124 Å². The van der Waals surface area contributed by atoms with Crippen LogP contribution in [0.3, 0.4) is 0 Å². The van der Waals surface area contributed by atoms with E-state index in [1.165, 1.54) is 23.9 Å². The number of amidine groups is 1. The summed E-state index contributed by atoms with van der Waals surface area (Å²) in [6.07, 6.45) is 1.62. The Morgan fingerprint density at radius 3 is 2.62 bits per heavy atom. The van der Waals surface area contributed by atoms with E-state index in [9.17, 15) is 10.1 Å². The molecule has 0 aliphatic rings. The fourth-order valence-corrected chi connectivity index (χ4v) is 2.70. The van der Waals surface area contributed by atoms with Gasteiger partial charge in [0, 0.05) is 23.2 Å². The summed E-state index contributed by atoms with van der Waals surface area (Å²) in [5.74, 6) is -0.0231. The van der Waals surface area contributed by atoms with Crippen LogP contribution >= 0.6 is 11.8 Å². The lowest BCUT2D eigenvalue weighted by molar-refractivity contribution is -0.384. The standard InChI is InChI=1S/C13H12N4O3S/c1-8-6-7-15-13(11(8)12(14)16-18)21-10-4-2-9(3-5-10)17(19)20/h2-7,18H,1H3,(H2,14,16). The van der Waals surface area contributed by atoms with Gasteiger partial charge in [0.25, 0.3) is 5.69 Å². The van der Waals surface area contributed by atoms with Crippen molar-refractivity contribution in [1.82, 2.24) is 4.98 Å². The molecular formula is C13H12N4O3S. The summed E-state index contributed by atoms with van der Waals surface area (Å²) in [6.45, 7) is 1.83. The molecule has 8 heteroatoms. The number of pyridine rings is 1. The lowest BCUT2D eigenvalue weighted by Crippen LogP contribution is -2.16. The Morgan fingerprint density at radius 1 is 1.38 bits per heavy atom. The van der Waals surface area contributed by atoms with E-state index in [1.807, 2.05) is 6.92 Å². The molecule has 1 aromatic carbocycles. The molecule has 108 valence electrons.